The van der Waals surface area contributed by atoms with Crippen LogP contribution in [-0.2, 0) is 0 Å². The van der Waals surface area contributed by atoms with Crippen LogP contribution in [0, 0.1) is 0 Å². The minimum Gasteiger partial charge on any atom is -0.508 e. The Kier molecular flexibility index (Phi) is 3.58. The van der Waals surface area contributed by atoms with E-state index in [2.05, 4.69) is 0 Å². The summed E-state index contributed by atoms with van der Waals surface area (Å²) in [6.07, 6.45) is 0.901. The Hall–Kier alpha value is -1.22. The van der Waals surface area contributed by atoms with Crippen molar-refractivity contribution in [1.29, 1.82) is 0 Å². The molecule has 0 bridgehead atoms. The van der Waals surface area contributed by atoms with Gasteiger partial charge in [0.25, 0.3) is 0 Å². The molecule has 0 saturated heterocycles. The van der Waals surface area contributed by atoms with Crippen LogP contribution in [-0.4, -0.2) is 17.8 Å². The van der Waals surface area contributed by atoms with Crippen molar-refractivity contribution in [2.24, 2.45) is 5.73 Å². The molecule has 1 aromatic rings. The summed E-state index contributed by atoms with van der Waals surface area (Å²) in [5, 5.41) is 9.00. The average Bonchev–Trinajstić information content (AvgIpc) is 2.16. The van der Waals surface area contributed by atoms with Gasteiger partial charge in [0, 0.05) is 6.04 Å². The number of aromatic hydroxyl groups is 1. The predicted octanol–water partition coefficient (Wildman–Crippen LogP) is 1.51. The third kappa shape index (κ3) is 3.34. The van der Waals surface area contributed by atoms with Gasteiger partial charge in [-0.25, -0.2) is 0 Å². The van der Waals surface area contributed by atoms with Gasteiger partial charge in [0.05, 0.1) is 0 Å². The van der Waals surface area contributed by atoms with E-state index in [-0.39, 0.29) is 11.8 Å². The first-order chi connectivity index (χ1) is 6.22. The third-order valence-corrected chi connectivity index (χ3v) is 1.83. The first-order valence-corrected chi connectivity index (χ1v) is 4.39. The fraction of sp³-hybridized carbons (Fsp3) is 0.400. The molecule has 3 N–H and O–H groups in total. The van der Waals surface area contributed by atoms with Gasteiger partial charge in [-0.3, -0.25) is 0 Å². The van der Waals surface area contributed by atoms with Crippen LogP contribution in [0.2, 0.25) is 0 Å². The molecule has 3 nitrogen and oxygen atoms in total. The number of rotatable bonds is 4. The highest BCUT2D eigenvalue weighted by Gasteiger charge is 1.99. The van der Waals surface area contributed by atoms with E-state index >= 15 is 0 Å². The fourth-order valence-electron chi connectivity index (χ4n) is 0.863. The summed E-state index contributed by atoms with van der Waals surface area (Å²) in [4.78, 5) is 0. The van der Waals surface area contributed by atoms with E-state index in [0.29, 0.717) is 6.61 Å². The molecule has 0 aliphatic rings. The molecule has 0 amide bonds. The zero-order chi connectivity index (χ0) is 9.68. The number of phenolic OH excluding ortho intramolecular Hbond substituents is 1. The molecule has 1 aromatic carbocycles. The summed E-state index contributed by atoms with van der Waals surface area (Å²) in [6.45, 7) is 2.53. The molecule has 0 saturated carbocycles. The molecule has 0 aliphatic heterocycles. The fourth-order valence-corrected chi connectivity index (χ4v) is 0.863. The molecule has 0 heterocycles. The summed E-state index contributed by atoms with van der Waals surface area (Å²) < 4.78 is 5.38. The van der Waals surface area contributed by atoms with Gasteiger partial charge < -0.3 is 15.6 Å². The van der Waals surface area contributed by atoms with Crippen molar-refractivity contribution < 1.29 is 9.84 Å². The molecule has 0 aliphatic carbocycles. The first-order valence-electron chi connectivity index (χ1n) is 4.39. The van der Waals surface area contributed by atoms with E-state index in [1.165, 1.54) is 0 Å². The molecular formula is C10H15NO2. The van der Waals surface area contributed by atoms with E-state index in [0.717, 1.165) is 12.2 Å². The lowest BCUT2D eigenvalue weighted by Crippen LogP contribution is -2.26. The smallest absolute Gasteiger partial charge is 0.119 e. The largest absolute Gasteiger partial charge is 0.508 e. The number of hydrogen-bond donors (Lipinski definition) is 2. The quantitative estimate of drug-likeness (QED) is 0.740. The van der Waals surface area contributed by atoms with E-state index in [1.54, 1.807) is 24.3 Å². The topological polar surface area (TPSA) is 55.5 Å². The van der Waals surface area contributed by atoms with Crippen molar-refractivity contribution in [1.82, 2.24) is 0 Å². The minimum absolute atomic E-state index is 0.0776. The van der Waals surface area contributed by atoms with Crippen molar-refractivity contribution in [2.75, 3.05) is 6.61 Å². The van der Waals surface area contributed by atoms with Crippen molar-refractivity contribution >= 4 is 0 Å². The number of hydrogen-bond acceptors (Lipinski definition) is 3. The monoisotopic (exact) mass is 181 g/mol. The van der Waals surface area contributed by atoms with Crippen LogP contribution in [0.25, 0.3) is 0 Å². The van der Waals surface area contributed by atoms with Gasteiger partial charge in [0.15, 0.2) is 0 Å². The van der Waals surface area contributed by atoms with Crippen LogP contribution in [0.3, 0.4) is 0 Å². The maximum atomic E-state index is 9.00. The summed E-state index contributed by atoms with van der Waals surface area (Å²) in [6, 6.07) is 6.70. The van der Waals surface area contributed by atoms with E-state index in [9.17, 15) is 0 Å². The maximum absolute atomic E-state index is 9.00. The molecular weight excluding hydrogens is 166 g/mol. The minimum atomic E-state index is 0.0776. The van der Waals surface area contributed by atoms with E-state index in [4.69, 9.17) is 15.6 Å². The number of benzene rings is 1. The van der Waals surface area contributed by atoms with Crippen LogP contribution in [0.15, 0.2) is 24.3 Å². The van der Waals surface area contributed by atoms with E-state index < -0.39 is 0 Å². The van der Waals surface area contributed by atoms with Gasteiger partial charge in [-0.05, 0) is 30.7 Å². The Labute approximate surface area is 78.1 Å². The summed E-state index contributed by atoms with van der Waals surface area (Å²) in [5.74, 6) is 0.980. The molecule has 0 spiro atoms. The standard InChI is InChI=1S/C10H15NO2/c1-2-8(11)7-13-10-5-3-9(12)4-6-10/h3-6,8,12H,2,7,11H2,1H3. The summed E-state index contributed by atoms with van der Waals surface area (Å²) in [7, 11) is 0. The lowest BCUT2D eigenvalue weighted by atomic mass is 10.2. The van der Waals surface area contributed by atoms with Gasteiger partial charge in [-0.1, -0.05) is 6.92 Å². The Morgan fingerprint density at radius 3 is 2.54 bits per heavy atom. The van der Waals surface area contributed by atoms with Crippen LogP contribution in [0.1, 0.15) is 13.3 Å². The lowest BCUT2D eigenvalue weighted by molar-refractivity contribution is 0.285. The first kappa shape index (κ1) is 9.86. The second-order valence-electron chi connectivity index (χ2n) is 2.97. The Morgan fingerprint density at radius 1 is 1.38 bits per heavy atom. The second kappa shape index (κ2) is 4.72. The Morgan fingerprint density at radius 2 is 2.00 bits per heavy atom. The van der Waals surface area contributed by atoms with Gasteiger partial charge in [-0.15, -0.1) is 0 Å². The highest BCUT2D eigenvalue weighted by atomic mass is 16.5. The molecule has 0 aromatic heterocycles. The second-order valence-corrected chi connectivity index (χ2v) is 2.97. The SMILES string of the molecule is CCC(N)COc1ccc(O)cc1. The molecule has 13 heavy (non-hydrogen) atoms. The number of nitrogens with two attached hydrogens (primary N) is 1. The van der Waals surface area contributed by atoms with Crippen molar-refractivity contribution in [3.63, 3.8) is 0 Å². The van der Waals surface area contributed by atoms with Gasteiger partial charge >= 0.3 is 0 Å². The zero-order valence-electron chi connectivity index (χ0n) is 7.73. The molecule has 1 unspecified atom stereocenters. The van der Waals surface area contributed by atoms with Crippen LogP contribution < -0.4 is 10.5 Å². The average molecular weight is 181 g/mol. The molecule has 72 valence electrons. The summed E-state index contributed by atoms with van der Waals surface area (Å²) in [5.41, 5.74) is 5.68. The molecule has 3 heteroatoms. The predicted molar refractivity (Wildman–Crippen MR) is 51.9 cm³/mol. The normalized spacial score (nSPS) is 12.5. The van der Waals surface area contributed by atoms with Crippen molar-refractivity contribution in [3.05, 3.63) is 24.3 Å². The van der Waals surface area contributed by atoms with Gasteiger partial charge in [-0.2, -0.15) is 0 Å². The molecule has 1 rings (SSSR count). The molecule has 1 atom stereocenters. The van der Waals surface area contributed by atoms with Crippen LogP contribution in [0.5, 0.6) is 11.5 Å². The number of ether oxygens (including phenoxy) is 1. The third-order valence-electron chi connectivity index (χ3n) is 1.83. The molecule has 0 radical (unpaired) electrons. The summed E-state index contributed by atoms with van der Waals surface area (Å²) >= 11 is 0. The van der Waals surface area contributed by atoms with Gasteiger partial charge in [0.2, 0.25) is 0 Å². The van der Waals surface area contributed by atoms with Gasteiger partial charge in [0.1, 0.15) is 18.1 Å². The maximum Gasteiger partial charge on any atom is 0.119 e. The number of phenols is 1. The Bertz CT molecular complexity index is 246. The Balaban J connectivity index is 2.41. The van der Waals surface area contributed by atoms with Crippen molar-refractivity contribution in [2.45, 2.75) is 19.4 Å². The zero-order valence-corrected chi connectivity index (χ0v) is 7.73. The highest BCUT2D eigenvalue weighted by Crippen LogP contribution is 2.15. The van der Waals surface area contributed by atoms with E-state index in [1.807, 2.05) is 6.92 Å². The van der Waals surface area contributed by atoms with Crippen LogP contribution >= 0.6 is 0 Å². The van der Waals surface area contributed by atoms with Crippen molar-refractivity contribution in [3.8, 4) is 11.5 Å². The highest BCUT2D eigenvalue weighted by molar-refractivity contribution is 5.30. The lowest BCUT2D eigenvalue weighted by Gasteiger charge is -2.10. The van der Waals surface area contributed by atoms with Crippen LogP contribution in [0.4, 0.5) is 0 Å². The molecule has 0 fully saturated rings.